The molecule has 2 rings (SSSR count). The quantitative estimate of drug-likeness (QED) is 0.908. The number of carbonyl (C=O) groups is 1. The molecule has 6 heteroatoms. The highest BCUT2D eigenvalue weighted by molar-refractivity contribution is 9.10. The van der Waals surface area contributed by atoms with Gasteiger partial charge in [0.25, 0.3) is 5.91 Å². The number of rotatable bonds is 4. The second kappa shape index (κ2) is 5.97. The lowest BCUT2D eigenvalue weighted by Gasteiger charge is -2.05. The van der Waals surface area contributed by atoms with E-state index in [1.165, 1.54) is 0 Å². The Kier molecular flexibility index (Phi) is 4.33. The zero-order valence-electron chi connectivity index (χ0n) is 9.74. The van der Waals surface area contributed by atoms with Crippen LogP contribution in [0.4, 0.5) is 5.82 Å². The molecule has 0 saturated heterocycles. The Labute approximate surface area is 118 Å². The van der Waals surface area contributed by atoms with Crippen molar-refractivity contribution in [2.75, 3.05) is 12.4 Å². The first-order valence-electron chi connectivity index (χ1n) is 5.34. The highest BCUT2D eigenvalue weighted by Crippen LogP contribution is 2.22. The van der Waals surface area contributed by atoms with E-state index in [-0.39, 0.29) is 5.91 Å². The molecule has 0 aromatic carbocycles. The number of anilines is 1. The molecule has 2 aromatic rings. The fraction of sp³-hybridized carbons (Fsp3) is 0.167. The molecule has 1 amide bonds. The maximum absolute atomic E-state index is 11.9. The van der Waals surface area contributed by atoms with E-state index >= 15 is 0 Å². The van der Waals surface area contributed by atoms with Crippen LogP contribution in [0.3, 0.4) is 0 Å². The van der Waals surface area contributed by atoms with E-state index in [0.29, 0.717) is 17.9 Å². The lowest BCUT2D eigenvalue weighted by atomic mass is 10.2. The first kappa shape index (κ1) is 13.0. The average Bonchev–Trinajstić information content (AvgIpc) is 2.81. The van der Waals surface area contributed by atoms with E-state index in [9.17, 15) is 4.79 Å². The molecule has 0 aliphatic rings. The lowest BCUT2D eigenvalue weighted by molar-refractivity contribution is 0.0951. The van der Waals surface area contributed by atoms with Gasteiger partial charge >= 0.3 is 0 Å². The van der Waals surface area contributed by atoms with Gasteiger partial charge in [-0.15, -0.1) is 11.3 Å². The van der Waals surface area contributed by atoms with Crippen molar-refractivity contribution in [3.8, 4) is 0 Å². The van der Waals surface area contributed by atoms with Crippen molar-refractivity contribution in [2.24, 2.45) is 0 Å². The number of amides is 1. The summed E-state index contributed by atoms with van der Waals surface area (Å²) in [5, 5.41) is 7.77. The van der Waals surface area contributed by atoms with E-state index < -0.39 is 0 Å². The predicted molar refractivity (Wildman–Crippen MR) is 77.0 cm³/mol. The van der Waals surface area contributed by atoms with Gasteiger partial charge in [0.1, 0.15) is 5.82 Å². The Balaban J connectivity index is 2.01. The molecule has 2 N–H and O–H groups in total. The minimum Gasteiger partial charge on any atom is -0.373 e. The summed E-state index contributed by atoms with van der Waals surface area (Å²) in [4.78, 5) is 17.1. The van der Waals surface area contributed by atoms with Crippen molar-refractivity contribution in [3.05, 3.63) is 44.7 Å². The van der Waals surface area contributed by atoms with E-state index in [0.717, 1.165) is 9.35 Å². The van der Waals surface area contributed by atoms with Crippen LogP contribution in [-0.4, -0.2) is 17.9 Å². The molecule has 0 radical (unpaired) electrons. The number of hydrogen-bond acceptors (Lipinski definition) is 4. The number of halogens is 1. The first-order valence-corrected chi connectivity index (χ1v) is 7.02. The Morgan fingerprint density at radius 1 is 1.50 bits per heavy atom. The Morgan fingerprint density at radius 2 is 2.33 bits per heavy atom. The predicted octanol–water partition coefficient (Wildman–Crippen LogP) is 2.88. The summed E-state index contributed by atoms with van der Waals surface area (Å²) in [5.74, 6) is 0.578. The molecular weight excluding hydrogens is 314 g/mol. The lowest BCUT2D eigenvalue weighted by Crippen LogP contribution is -2.22. The van der Waals surface area contributed by atoms with Gasteiger partial charge in [-0.3, -0.25) is 4.79 Å². The second-order valence-electron chi connectivity index (χ2n) is 3.55. The summed E-state index contributed by atoms with van der Waals surface area (Å²) in [5.41, 5.74) is 0.599. The third kappa shape index (κ3) is 3.08. The number of thiophene rings is 1. The van der Waals surface area contributed by atoms with E-state index in [1.54, 1.807) is 36.7 Å². The molecule has 0 spiro atoms. The summed E-state index contributed by atoms with van der Waals surface area (Å²) in [6, 6.07) is 5.39. The number of nitrogens with one attached hydrogen (secondary N) is 2. The van der Waals surface area contributed by atoms with Gasteiger partial charge in [0.05, 0.1) is 6.54 Å². The van der Waals surface area contributed by atoms with Crippen molar-refractivity contribution in [3.63, 3.8) is 0 Å². The van der Waals surface area contributed by atoms with Crippen molar-refractivity contribution < 1.29 is 4.79 Å². The number of carbonyl (C=O) groups excluding carboxylic acids is 1. The maximum atomic E-state index is 11.9. The van der Waals surface area contributed by atoms with Crippen LogP contribution in [0.25, 0.3) is 0 Å². The molecule has 0 aliphatic carbocycles. The zero-order valence-corrected chi connectivity index (χ0v) is 12.1. The minimum absolute atomic E-state index is 0.103. The van der Waals surface area contributed by atoms with Gasteiger partial charge < -0.3 is 10.6 Å². The van der Waals surface area contributed by atoms with Crippen LogP contribution < -0.4 is 10.6 Å². The molecule has 0 unspecified atom stereocenters. The second-order valence-corrected chi connectivity index (χ2v) is 5.41. The van der Waals surface area contributed by atoms with Crippen molar-refractivity contribution in [2.45, 2.75) is 6.54 Å². The largest absolute Gasteiger partial charge is 0.373 e. The molecule has 18 heavy (non-hydrogen) atoms. The molecule has 0 atom stereocenters. The SMILES string of the molecule is CNc1cc(C(=O)NCc2sccc2Br)ccn1. The Morgan fingerprint density at radius 3 is 3.00 bits per heavy atom. The summed E-state index contributed by atoms with van der Waals surface area (Å²) < 4.78 is 1.03. The molecule has 94 valence electrons. The van der Waals surface area contributed by atoms with E-state index in [4.69, 9.17) is 0 Å². The van der Waals surface area contributed by atoms with Crippen LogP contribution in [0.15, 0.2) is 34.2 Å². The highest BCUT2D eigenvalue weighted by atomic mass is 79.9. The summed E-state index contributed by atoms with van der Waals surface area (Å²) in [6.45, 7) is 0.522. The fourth-order valence-electron chi connectivity index (χ4n) is 1.42. The molecule has 0 fully saturated rings. The van der Waals surface area contributed by atoms with Crippen LogP contribution in [0.2, 0.25) is 0 Å². The number of aromatic nitrogens is 1. The van der Waals surface area contributed by atoms with Gasteiger partial charge in [-0.1, -0.05) is 0 Å². The fourth-order valence-corrected chi connectivity index (χ4v) is 2.85. The molecule has 2 aromatic heterocycles. The Bertz CT molecular complexity index is 556. The van der Waals surface area contributed by atoms with Gasteiger partial charge in [-0.05, 0) is 39.5 Å². The van der Waals surface area contributed by atoms with Gasteiger partial charge in [-0.2, -0.15) is 0 Å². The van der Waals surface area contributed by atoms with Crippen LogP contribution in [0.5, 0.6) is 0 Å². The third-order valence-corrected chi connectivity index (χ3v) is 4.31. The molecule has 4 nitrogen and oxygen atoms in total. The molecule has 0 aliphatic heterocycles. The van der Waals surface area contributed by atoms with E-state index in [1.807, 2.05) is 11.4 Å². The van der Waals surface area contributed by atoms with E-state index in [2.05, 4.69) is 31.5 Å². The summed E-state index contributed by atoms with van der Waals surface area (Å²) in [6.07, 6.45) is 1.61. The Hall–Kier alpha value is -1.40. The summed E-state index contributed by atoms with van der Waals surface area (Å²) >= 11 is 5.04. The van der Waals surface area contributed by atoms with Crippen LogP contribution in [0.1, 0.15) is 15.2 Å². The van der Waals surface area contributed by atoms with Crippen molar-refractivity contribution >= 4 is 39.0 Å². The third-order valence-electron chi connectivity index (χ3n) is 2.38. The monoisotopic (exact) mass is 325 g/mol. The molecule has 0 bridgehead atoms. The van der Waals surface area contributed by atoms with Crippen LogP contribution in [0, 0.1) is 0 Å². The standard InChI is InChI=1S/C12H12BrN3OS/c1-14-11-6-8(2-4-15-11)12(17)16-7-10-9(13)3-5-18-10/h2-6H,7H2,1H3,(H,14,15)(H,16,17). The highest BCUT2D eigenvalue weighted by Gasteiger charge is 2.08. The molecular formula is C12H12BrN3OS. The van der Waals surface area contributed by atoms with Gasteiger partial charge in [0.2, 0.25) is 0 Å². The van der Waals surface area contributed by atoms with Crippen LogP contribution >= 0.6 is 27.3 Å². The maximum Gasteiger partial charge on any atom is 0.251 e. The van der Waals surface area contributed by atoms with Gasteiger partial charge in [-0.25, -0.2) is 4.98 Å². The molecule has 2 heterocycles. The van der Waals surface area contributed by atoms with Gasteiger partial charge in [0, 0.05) is 28.2 Å². The average molecular weight is 326 g/mol. The zero-order chi connectivity index (χ0) is 13.0. The first-order chi connectivity index (χ1) is 8.70. The smallest absolute Gasteiger partial charge is 0.251 e. The van der Waals surface area contributed by atoms with Crippen molar-refractivity contribution in [1.29, 1.82) is 0 Å². The topological polar surface area (TPSA) is 54.0 Å². The van der Waals surface area contributed by atoms with Crippen LogP contribution in [-0.2, 0) is 6.54 Å². The number of pyridine rings is 1. The van der Waals surface area contributed by atoms with Crippen molar-refractivity contribution in [1.82, 2.24) is 10.3 Å². The number of nitrogens with zero attached hydrogens (tertiary/aromatic N) is 1. The number of hydrogen-bond donors (Lipinski definition) is 2. The normalized spacial score (nSPS) is 10.1. The molecule has 0 saturated carbocycles. The van der Waals surface area contributed by atoms with Gasteiger partial charge in [0.15, 0.2) is 0 Å². The summed E-state index contributed by atoms with van der Waals surface area (Å²) in [7, 11) is 1.77. The minimum atomic E-state index is -0.103.